The number of thiophene rings is 1. The number of imidazole rings is 1. The number of hydrogen-bond acceptors (Lipinski definition) is 4. The van der Waals surface area contributed by atoms with Crippen LogP contribution in [0, 0.1) is 11.8 Å². The molecule has 1 fully saturated rings. The van der Waals surface area contributed by atoms with E-state index < -0.39 is 5.97 Å². The van der Waals surface area contributed by atoms with Gasteiger partial charge >= 0.3 is 5.97 Å². The van der Waals surface area contributed by atoms with Gasteiger partial charge in [-0.05, 0) is 54.3 Å². The number of nitrogens with zero attached hydrogens (tertiary/aromatic N) is 2. The van der Waals surface area contributed by atoms with Crippen molar-refractivity contribution in [2.75, 3.05) is 0 Å². The molecular weight excluding hydrogens is 444 g/mol. The average Bonchev–Trinajstić information content (AvgIpc) is 3.47. The third kappa shape index (κ3) is 5.60. The van der Waals surface area contributed by atoms with Gasteiger partial charge in [0.25, 0.3) is 0 Å². The van der Waals surface area contributed by atoms with E-state index in [-0.39, 0.29) is 18.1 Å². The van der Waals surface area contributed by atoms with Crippen LogP contribution in [0.3, 0.4) is 0 Å². The summed E-state index contributed by atoms with van der Waals surface area (Å²) in [7, 11) is 0. The Morgan fingerprint density at radius 1 is 1.12 bits per heavy atom. The quantitative estimate of drug-likeness (QED) is 0.292. The van der Waals surface area contributed by atoms with Gasteiger partial charge in [-0.1, -0.05) is 52.0 Å². The molecule has 4 rings (SSSR count). The lowest BCUT2D eigenvalue weighted by Crippen LogP contribution is -2.23. The van der Waals surface area contributed by atoms with Crippen LogP contribution in [0.5, 0.6) is 0 Å². The highest BCUT2D eigenvalue weighted by Gasteiger charge is 2.28. The second-order valence-electron chi connectivity index (χ2n) is 9.71. The number of Topliss-reactive ketones (excluding diaryl/α,β-unsaturated/α-hetero) is 1. The Balaban J connectivity index is 1.62. The van der Waals surface area contributed by atoms with Crippen molar-refractivity contribution in [3.8, 4) is 0 Å². The number of carboxylic acid groups (broad SMARTS) is 1. The highest BCUT2D eigenvalue weighted by molar-refractivity contribution is 7.09. The zero-order valence-corrected chi connectivity index (χ0v) is 21.2. The molecule has 0 spiro atoms. The molecule has 34 heavy (non-hydrogen) atoms. The van der Waals surface area contributed by atoms with Crippen LogP contribution in [0.4, 0.5) is 0 Å². The van der Waals surface area contributed by atoms with Gasteiger partial charge in [0, 0.05) is 35.7 Å². The molecule has 0 aliphatic heterocycles. The summed E-state index contributed by atoms with van der Waals surface area (Å²) in [6.07, 6.45) is 8.79. The minimum atomic E-state index is -0.805. The topological polar surface area (TPSA) is 72.2 Å². The maximum Gasteiger partial charge on any atom is 0.303 e. The van der Waals surface area contributed by atoms with Crippen molar-refractivity contribution >= 4 is 34.1 Å². The first-order valence-corrected chi connectivity index (χ1v) is 13.7. The number of carbonyl (C=O) groups excluding carboxylic acids is 1. The fourth-order valence-electron chi connectivity index (χ4n) is 5.67. The molecule has 182 valence electrons. The Kier molecular flexibility index (Phi) is 8.19. The fourth-order valence-corrected chi connectivity index (χ4v) is 6.37. The van der Waals surface area contributed by atoms with E-state index in [4.69, 9.17) is 4.98 Å². The number of fused-ring (bicyclic) bond motifs is 1. The van der Waals surface area contributed by atoms with Crippen LogP contribution >= 0.6 is 11.3 Å². The lowest BCUT2D eigenvalue weighted by Gasteiger charge is -2.29. The molecule has 1 aliphatic carbocycles. The van der Waals surface area contributed by atoms with Crippen molar-refractivity contribution in [1.29, 1.82) is 0 Å². The van der Waals surface area contributed by atoms with Crippen molar-refractivity contribution in [3.05, 3.63) is 52.0 Å². The van der Waals surface area contributed by atoms with Crippen LogP contribution in [-0.2, 0) is 11.2 Å². The second-order valence-corrected chi connectivity index (χ2v) is 10.7. The number of hydrogen-bond donors (Lipinski definition) is 1. The van der Waals surface area contributed by atoms with E-state index in [0.29, 0.717) is 23.9 Å². The van der Waals surface area contributed by atoms with Gasteiger partial charge in [0.05, 0.1) is 11.0 Å². The van der Waals surface area contributed by atoms with Gasteiger partial charge in [0.1, 0.15) is 5.82 Å². The number of carboxylic acids is 1. The molecule has 3 aromatic rings. The molecular formula is C28H36N2O3S. The normalized spacial score (nSPS) is 15.7. The SMILES string of the molecule is CCC(CC)n1c(Cc2cccs2)nc2cc(C(=O)CC(CC(=O)O)C3CCCCC3)ccc21. The first-order chi connectivity index (χ1) is 16.5. The molecule has 1 aromatic carbocycles. The molecule has 2 heterocycles. The molecule has 1 aliphatic rings. The van der Waals surface area contributed by atoms with Crippen LogP contribution in [0.1, 0.15) is 98.7 Å². The predicted octanol–water partition coefficient (Wildman–Crippen LogP) is 7.29. The van der Waals surface area contributed by atoms with Crippen molar-refractivity contribution < 1.29 is 14.7 Å². The first-order valence-electron chi connectivity index (χ1n) is 12.8. The van der Waals surface area contributed by atoms with Crippen molar-refractivity contribution in [2.45, 2.75) is 84.1 Å². The maximum atomic E-state index is 13.3. The number of rotatable bonds is 11. The number of aliphatic carboxylic acids is 1. The summed E-state index contributed by atoms with van der Waals surface area (Å²) < 4.78 is 2.36. The molecule has 5 nitrogen and oxygen atoms in total. The van der Waals surface area contributed by atoms with E-state index in [0.717, 1.165) is 61.8 Å². The van der Waals surface area contributed by atoms with Crippen molar-refractivity contribution in [3.63, 3.8) is 0 Å². The van der Waals surface area contributed by atoms with E-state index in [1.165, 1.54) is 11.3 Å². The number of benzene rings is 1. The largest absolute Gasteiger partial charge is 0.481 e. The minimum absolute atomic E-state index is 0.0376. The van der Waals surface area contributed by atoms with Crippen LogP contribution < -0.4 is 0 Å². The Morgan fingerprint density at radius 3 is 2.53 bits per heavy atom. The van der Waals surface area contributed by atoms with E-state index in [9.17, 15) is 14.7 Å². The van der Waals surface area contributed by atoms with E-state index in [1.807, 2.05) is 18.2 Å². The maximum absolute atomic E-state index is 13.3. The average molecular weight is 481 g/mol. The summed E-state index contributed by atoms with van der Waals surface area (Å²) in [4.78, 5) is 31.1. The minimum Gasteiger partial charge on any atom is -0.481 e. The molecule has 6 heteroatoms. The molecule has 1 N–H and O–H groups in total. The molecule has 0 saturated heterocycles. The Morgan fingerprint density at radius 2 is 1.88 bits per heavy atom. The lowest BCUT2D eigenvalue weighted by atomic mass is 9.76. The summed E-state index contributed by atoms with van der Waals surface area (Å²) in [6.45, 7) is 4.42. The van der Waals surface area contributed by atoms with Crippen LogP contribution in [0.15, 0.2) is 35.7 Å². The third-order valence-corrected chi connectivity index (χ3v) is 8.38. The van der Waals surface area contributed by atoms with E-state index in [2.05, 4.69) is 35.9 Å². The first kappa shape index (κ1) is 24.6. The molecule has 0 amide bonds. The Hall–Kier alpha value is -2.47. The highest BCUT2D eigenvalue weighted by atomic mass is 32.1. The fraction of sp³-hybridized carbons (Fsp3) is 0.536. The molecule has 1 saturated carbocycles. The second kappa shape index (κ2) is 11.3. The van der Waals surface area contributed by atoms with E-state index in [1.54, 1.807) is 11.3 Å². The van der Waals surface area contributed by atoms with Gasteiger partial charge in [0.2, 0.25) is 0 Å². The lowest BCUT2D eigenvalue weighted by molar-refractivity contribution is -0.138. The molecule has 0 bridgehead atoms. The van der Waals surface area contributed by atoms with Gasteiger partial charge < -0.3 is 9.67 Å². The van der Waals surface area contributed by atoms with Crippen LogP contribution in [-0.4, -0.2) is 26.4 Å². The highest BCUT2D eigenvalue weighted by Crippen LogP contribution is 2.35. The molecule has 2 aromatic heterocycles. The summed E-state index contributed by atoms with van der Waals surface area (Å²) in [5.41, 5.74) is 2.58. The Bertz CT molecular complexity index is 1110. The number of carbonyl (C=O) groups is 2. The monoisotopic (exact) mass is 480 g/mol. The predicted molar refractivity (Wildman–Crippen MR) is 138 cm³/mol. The van der Waals surface area contributed by atoms with Gasteiger partial charge in [-0.2, -0.15) is 0 Å². The van der Waals surface area contributed by atoms with E-state index >= 15 is 0 Å². The van der Waals surface area contributed by atoms with Crippen LogP contribution in [0.2, 0.25) is 0 Å². The van der Waals surface area contributed by atoms with Crippen LogP contribution in [0.25, 0.3) is 11.0 Å². The van der Waals surface area contributed by atoms with Gasteiger partial charge in [-0.25, -0.2) is 4.98 Å². The summed E-state index contributed by atoms with van der Waals surface area (Å²) >= 11 is 1.74. The summed E-state index contributed by atoms with van der Waals surface area (Å²) in [6, 6.07) is 10.5. The zero-order chi connectivity index (χ0) is 24.1. The van der Waals surface area contributed by atoms with Crippen molar-refractivity contribution in [1.82, 2.24) is 9.55 Å². The zero-order valence-electron chi connectivity index (χ0n) is 20.3. The van der Waals surface area contributed by atoms with Gasteiger partial charge in [-0.15, -0.1) is 11.3 Å². The Labute approximate surface area is 206 Å². The molecule has 1 unspecified atom stereocenters. The molecule has 0 radical (unpaired) electrons. The van der Waals surface area contributed by atoms with Gasteiger partial charge in [-0.3, -0.25) is 9.59 Å². The standard InChI is InChI=1S/C28H36N2O3S/c1-3-22(4-2)30-25-13-12-20(15-24(25)29-27(30)18-23-11-8-14-34-23)26(31)16-21(17-28(32)33)19-9-6-5-7-10-19/h8,11-15,19,21-22H,3-7,9-10,16-18H2,1-2H3,(H,32,33). The third-order valence-electron chi connectivity index (χ3n) is 7.51. The number of ketones is 1. The smallest absolute Gasteiger partial charge is 0.303 e. The van der Waals surface area contributed by atoms with Crippen molar-refractivity contribution in [2.24, 2.45) is 11.8 Å². The molecule has 1 atom stereocenters. The number of aromatic nitrogens is 2. The summed E-state index contributed by atoms with van der Waals surface area (Å²) in [5, 5.41) is 11.5. The summed E-state index contributed by atoms with van der Waals surface area (Å²) in [5.74, 6) is 0.528. The van der Waals surface area contributed by atoms with Gasteiger partial charge in [0.15, 0.2) is 5.78 Å².